The van der Waals surface area contributed by atoms with Gasteiger partial charge in [-0.2, -0.15) is 0 Å². The van der Waals surface area contributed by atoms with Gasteiger partial charge in [0.2, 0.25) is 0 Å². The van der Waals surface area contributed by atoms with E-state index in [1.165, 1.54) is 0 Å². The Bertz CT molecular complexity index is 371. The Morgan fingerprint density at radius 1 is 1.40 bits per heavy atom. The molecule has 3 N–H and O–H groups in total. The molecule has 1 aliphatic heterocycles. The molecular weight excluding hydrogens is 186 g/mol. The van der Waals surface area contributed by atoms with Gasteiger partial charge in [-0.25, -0.2) is 0 Å². The molecule has 1 heterocycles. The van der Waals surface area contributed by atoms with Crippen molar-refractivity contribution in [1.29, 1.82) is 0 Å². The van der Waals surface area contributed by atoms with Crippen LogP contribution in [0.5, 0.6) is 0 Å². The van der Waals surface area contributed by atoms with Gasteiger partial charge in [-0.1, -0.05) is 19.9 Å². The molecule has 0 fully saturated rings. The van der Waals surface area contributed by atoms with Crippen LogP contribution in [0.3, 0.4) is 0 Å². The Kier molecular flexibility index (Phi) is 2.25. The number of benzene rings is 1. The summed E-state index contributed by atoms with van der Waals surface area (Å²) in [7, 11) is 2.10. The first-order valence-electron chi connectivity index (χ1n) is 5.33. The van der Waals surface area contributed by atoms with E-state index in [1.807, 2.05) is 12.1 Å². The van der Waals surface area contributed by atoms with Crippen molar-refractivity contribution in [2.24, 2.45) is 5.41 Å². The van der Waals surface area contributed by atoms with E-state index >= 15 is 0 Å². The second-order valence-electron chi connectivity index (χ2n) is 5.12. The molecular formula is C12H19N3. The average Bonchev–Trinajstić information content (AvgIpc) is 2.24. The van der Waals surface area contributed by atoms with Crippen molar-refractivity contribution in [3.8, 4) is 0 Å². The van der Waals surface area contributed by atoms with Crippen molar-refractivity contribution in [3.63, 3.8) is 0 Å². The van der Waals surface area contributed by atoms with Crippen molar-refractivity contribution in [2.45, 2.75) is 13.8 Å². The lowest BCUT2D eigenvalue weighted by molar-refractivity contribution is 0.403. The van der Waals surface area contributed by atoms with Gasteiger partial charge in [0.15, 0.2) is 0 Å². The lowest BCUT2D eigenvalue weighted by atomic mass is 9.93. The number of nitrogens with two attached hydrogens (primary N) is 1. The van der Waals surface area contributed by atoms with Crippen LogP contribution < -0.4 is 16.0 Å². The number of nitrogens with one attached hydrogen (secondary N) is 1. The Morgan fingerprint density at radius 2 is 2.13 bits per heavy atom. The zero-order valence-corrected chi connectivity index (χ0v) is 9.67. The first-order chi connectivity index (χ1) is 6.99. The number of hydrogen-bond donors (Lipinski definition) is 2. The van der Waals surface area contributed by atoms with Gasteiger partial charge in [-0.3, -0.25) is 0 Å². The molecule has 3 heteroatoms. The minimum absolute atomic E-state index is 0.264. The zero-order chi connectivity index (χ0) is 11.1. The van der Waals surface area contributed by atoms with Gasteiger partial charge in [-0.15, -0.1) is 0 Å². The van der Waals surface area contributed by atoms with Crippen molar-refractivity contribution in [2.75, 3.05) is 36.1 Å². The van der Waals surface area contributed by atoms with E-state index in [0.717, 1.165) is 30.2 Å². The number of hydrogen-bond acceptors (Lipinski definition) is 3. The molecule has 0 unspecified atom stereocenters. The molecule has 15 heavy (non-hydrogen) atoms. The van der Waals surface area contributed by atoms with Crippen LogP contribution in [0.15, 0.2) is 18.2 Å². The molecule has 2 rings (SSSR count). The number of nitrogen functional groups attached to an aromatic ring is 1. The van der Waals surface area contributed by atoms with E-state index in [2.05, 4.69) is 37.2 Å². The summed E-state index contributed by atoms with van der Waals surface area (Å²) < 4.78 is 0. The van der Waals surface area contributed by atoms with Crippen molar-refractivity contribution in [3.05, 3.63) is 18.2 Å². The van der Waals surface area contributed by atoms with Crippen LogP contribution in [0.2, 0.25) is 0 Å². The second kappa shape index (κ2) is 3.33. The Hall–Kier alpha value is -1.38. The maximum absolute atomic E-state index is 6.01. The Labute approximate surface area is 91.3 Å². The molecule has 1 aromatic rings. The second-order valence-corrected chi connectivity index (χ2v) is 5.12. The van der Waals surface area contributed by atoms with Crippen molar-refractivity contribution >= 4 is 17.1 Å². The lowest BCUT2D eigenvalue weighted by Gasteiger charge is -2.28. The highest BCUT2D eigenvalue weighted by Gasteiger charge is 2.26. The van der Waals surface area contributed by atoms with Gasteiger partial charge in [0, 0.05) is 20.1 Å². The highest BCUT2D eigenvalue weighted by Crippen LogP contribution is 2.36. The molecule has 1 aliphatic rings. The number of anilines is 3. The summed E-state index contributed by atoms with van der Waals surface area (Å²) in [4.78, 5) is 2.24. The summed E-state index contributed by atoms with van der Waals surface area (Å²) in [6.07, 6.45) is 0. The predicted octanol–water partition coefficient (Wildman–Crippen LogP) is 2.16. The van der Waals surface area contributed by atoms with Crippen LogP contribution in [-0.4, -0.2) is 20.1 Å². The molecule has 0 radical (unpaired) electrons. The average molecular weight is 205 g/mol. The molecule has 0 aromatic heterocycles. The number of rotatable bonds is 0. The summed E-state index contributed by atoms with van der Waals surface area (Å²) in [6.45, 7) is 6.52. The Balaban J connectivity index is 2.44. The van der Waals surface area contributed by atoms with Crippen molar-refractivity contribution in [1.82, 2.24) is 0 Å². The largest absolute Gasteiger partial charge is 0.397 e. The van der Waals surface area contributed by atoms with E-state index in [4.69, 9.17) is 5.73 Å². The third-order valence-corrected chi connectivity index (χ3v) is 2.87. The van der Waals surface area contributed by atoms with Crippen LogP contribution in [0.25, 0.3) is 0 Å². The van der Waals surface area contributed by atoms with Gasteiger partial charge in [-0.05, 0) is 17.5 Å². The fourth-order valence-electron chi connectivity index (χ4n) is 2.24. The maximum Gasteiger partial charge on any atom is 0.0833 e. The first-order valence-corrected chi connectivity index (χ1v) is 5.33. The number of para-hydroxylation sites is 1. The van der Waals surface area contributed by atoms with E-state index < -0.39 is 0 Å². The minimum Gasteiger partial charge on any atom is -0.397 e. The summed E-state index contributed by atoms with van der Waals surface area (Å²) in [5.74, 6) is 0. The van der Waals surface area contributed by atoms with Crippen molar-refractivity contribution < 1.29 is 0 Å². The molecule has 0 aliphatic carbocycles. The molecule has 3 nitrogen and oxygen atoms in total. The van der Waals surface area contributed by atoms with Gasteiger partial charge in [0.05, 0.1) is 17.1 Å². The minimum atomic E-state index is 0.264. The fourth-order valence-corrected chi connectivity index (χ4v) is 2.24. The number of fused-ring (bicyclic) bond motifs is 1. The summed E-state index contributed by atoms with van der Waals surface area (Å²) in [6, 6.07) is 6.03. The molecule has 0 saturated heterocycles. The molecule has 82 valence electrons. The van der Waals surface area contributed by atoms with E-state index in [0.29, 0.717) is 0 Å². The highest BCUT2D eigenvalue weighted by molar-refractivity contribution is 5.82. The van der Waals surface area contributed by atoms with Crippen LogP contribution in [-0.2, 0) is 0 Å². The number of nitrogens with zero attached hydrogens (tertiary/aromatic N) is 1. The molecule has 0 bridgehead atoms. The molecule has 0 amide bonds. The first kappa shape index (κ1) is 10.1. The molecule has 1 aromatic carbocycles. The van der Waals surface area contributed by atoms with E-state index in [1.54, 1.807) is 0 Å². The monoisotopic (exact) mass is 205 g/mol. The Morgan fingerprint density at radius 3 is 2.87 bits per heavy atom. The van der Waals surface area contributed by atoms with Crippen LogP contribution in [0.4, 0.5) is 17.1 Å². The van der Waals surface area contributed by atoms with Gasteiger partial charge in [0.25, 0.3) is 0 Å². The molecule has 0 saturated carbocycles. The summed E-state index contributed by atoms with van der Waals surface area (Å²) >= 11 is 0. The summed E-state index contributed by atoms with van der Waals surface area (Å²) in [5, 5.41) is 3.46. The van der Waals surface area contributed by atoms with Gasteiger partial charge < -0.3 is 16.0 Å². The highest BCUT2D eigenvalue weighted by atomic mass is 15.2. The maximum atomic E-state index is 6.01. The van der Waals surface area contributed by atoms with Crippen LogP contribution in [0.1, 0.15) is 13.8 Å². The van der Waals surface area contributed by atoms with E-state index in [9.17, 15) is 0 Å². The third kappa shape index (κ3) is 1.87. The van der Waals surface area contributed by atoms with Crippen LogP contribution >= 0.6 is 0 Å². The third-order valence-electron chi connectivity index (χ3n) is 2.87. The molecule has 0 atom stereocenters. The SMILES string of the molecule is CN1CC(C)(C)CNc2cccc(N)c21. The zero-order valence-electron chi connectivity index (χ0n) is 9.67. The van der Waals surface area contributed by atoms with Gasteiger partial charge >= 0.3 is 0 Å². The smallest absolute Gasteiger partial charge is 0.0833 e. The van der Waals surface area contributed by atoms with Crippen LogP contribution in [0, 0.1) is 5.41 Å². The summed E-state index contributed by atoms with van der Waals surface area (Å²) in [5.41, 5.74) is 9.39. The standard InChI is InChI=1S/C12H19N3/c1-12(2)7-14-10-6-4-5-9(13)11(10)15(3)8-12/h4-6,14H,7-8,13H2,1-3H3. The fraction of sp³-hybridized carbons (Fsp3) is 0.500. The topological polar surface area (TPSA) is 41.3 Å². The van der Waals surface area contributed by atoms with E-state index in [-0.39, 0.29) is 5.41 Å². The quantitative estimate of drug-likeness (QED) is 0.638. The van der Waals surface area contributed by atoms with Gasteiger partial charge in [0.1, 0.15) is 0 Å². The molecule has 0 spiro atoms. The lowest BCUT2D eigenvalue weighted by Crippen LogP contribution is -2.33. The predicted molar refractivity (Wildman–Crippen MR) is 66.4 cm³/mol. The normalized spacial score (nSPS) is 19.0.